The van der Waals surface area contributed by atoms with Gasteiger partial charge < -0.3 is 9.47 Å². The predicted molar refractivity (Wildman–Crippen MR) is 49.4 cm³/mol. The molecule has 2 rings (SSSR count). The molecule has 0 aromatic carbocycles. The molecule has 0 bridgehead atoms. The Morgan fingerprint density at radius 3 is 2.23 bits per heavy atom. The molecule has 2 aliphatic heterocycles. The van der Waals surface area contributed by atoms with Gasteiger partial charge in [0.05, 0.1) is 25.4 Å². The lowest BCUT2D eigenvalue weighted by Crippen LogP contribution is -2.38. The molecule has 2 fully saturated rings. The Morgan fingerprint density at radius 1 is 1.23 bits per heavy atom. The average molecular weight is 186 g/mol. The van der Waals surface area contributed by atoms with Crippen molar-refractivity contribution in [3.63, 3.8) is 0 Å². The quantitative estimate of drug-likeness (QED) is 0.604. The number of rotatable bonds is 2. The van der Waals surface area contributed by atoms with Crippen LogP contribution in [0.4, 0.5) is 0 Å². The van der Waals surface area contributed by atoms with Gasteiger partial charge in [-0.25, -0.2) is 10.0 Å². The minimum absolute atomic E-state index is 0.294. The molecule has 4 heteroatoms. The number of hydrogen-bond donors (Lipinski definition) is 0. The van der Waals surface area contributed by atoms with E-state index in [0.717, 1.165) is 32.8 Å². The number of ether oxygens (including phenoxy) is 2. The SMILES string of the molecule is CCN(C)N1CC2OCCOC2C1. The van der Waals surface area contributed by atoms with E-state index in [1.807, 2.05) is 0 Å². The van der Waals surface area contributed by atoms with E-state index >= 15 is 0 Å². The van der Waals surface area contributed by atoms with Crippen molar-refractivity contribution >= 4 is 0 Å². The van der Waals surface area contributed by atoms with Crippen molar-refractivity contribution in [2.45, 2.75) is 19.1 Å². The standard InChI is InChI=1S/C9H18N2O2/c1-3-10(2)11-6-8-9(7-11)13-5-4-12-8/h8-9H,3-7H2,1-2H3. The monoisotopic (exact) mass is 186 g/mol. The van der Waals surface area contributed by atoms with Gasteiger partial charge in [0.2, 0.25) is 0 Å². The number of hydrazine groups is 1. The first-order valence-corrected chi connectivity index (χ1v) is 5.00. The van der Waals surface area contributed by atoms with E-state index in [1.165, 1.54) is 0 Å². The smallest absolute Gasteiger partial charge is 0.0991 e. The maximum absolute atomic E-state index is 5.63. The van der Waals surface area contributed by atoms with Crippen molar-refractivity contribution in [1.29, 1.82) is 0 Å². The fraction of sp³-hybridized carbons (Fsp3) is 1.00. The molecule has 0 aromatic rings. The zero-order valence-electron chi connectivity index (χ0n) is 8.40. The van der Waals surface area contributed by atoms with E-state index in [2.05, 4.69) is 24.0 Å². The molecule has 2 aliphatic rings. The summed E-state index contributed by atoms with van der Waals surface area (Å²) in [5.74, 6) is 0. The zero-order valence-corrected chi connectivity index (χ0v) is 8.40. The van der Waals surface area contributed by atoms with Crippen molar-refractivity contribution in [1.82, 2.24) is 10.0 Å². The second-order valence-corrected chi connectivity index (χ2v) is 3.66. The number of fused-ring (bicyclic) bond motifs is 1. The highest BCUT2D eigenvalue weighted by atomic mass is 16.6. The van der Waals surface area contributed by atoms with Crippen LogP contribution in [0.2, 0.25) is 0 Å². The topological polar surface area (TPSA) is 24.9 Å². The maximum atomic E-state index is 5.63. The predicted octanol–water partition coefficient (Wildman–Crippen LogP) is -0.0473. The van der Waals surface area contributed by atoms with E-state index in [0.29, 0.717) is 12.2 Å². The summed E-state index contributed by atoms with van der Waals surface area (Å²) in [4.78, 5) is 0. The first-order valence-electron chi connectivity index (χ1n) is 5.00. The van der Waals surface area contributed by atoms with Gasteiger partial charge in [-0.05, 0) is 0 Å². The Balaban J connectivity index is 1.91. The first-order chi connectivity index (χ1) is 6.31. The van der Waals surface area contributed by atoms with E-state index in [4.69, 9.17) is 9.47 Å². The van der Waals surface area contributed by atoms with Crippen LogP contribution in [0.3, 0.4) is 0 Å². The number of nitrogens with zero attached hydrogens (tertiary/aromatic N) is 2. The highest BCUT2D eigenvalue weighted by Crippen LogP contribution is 2.20. The van der Waals surface area contributed by atoms with Crippen molar-refractivity contribution in [3.05, 3.63) is 0 Å². The fourth-order valence-electron chi connectivity index (χ4n) is 1.92. The highest BCUT2D eigenvalue weighted by Gasteiger charge is 2.37. The summed E-state index contributed by atoms with van der Waals surface area (Å²) in [6.07, 6.45) is 0.588. The second kappa shape index (κ2) is 3.92. The van der Waals surface area contributed by atoms with Crippen LogP contribution in [0.15, 0.2) is 0 Å². The summed E-state index contributed by atoms with van der Waals surface area (Å²) in [6.45, 7) is 6.67. The highest BCUT2D eigenvalue weighted by molar-refractivity contribution is 4.86. The molecule has 0 aromatic heterocycles. The molecular formula is C9H18N2O2. The summed E-state index contributed by atoms with van der Waals surface area (Å²) in [5, 5.41) is 4.53. The van der Waals surface area contributed by atoms with E-state index < -0.39 is 0 Å². The summed E-state index contributed by atoms with van der Waals surface area (Å²) >= 11 is 0. The lowest BCUT2D eigenvalue weighted by atomic mass is 10.2. The summed E-state index contributed by atoms with van der Waals surface area (Å²) in [7, 11) is 2.11. The van der Waals surface area contributed by atoms with Crippen LogP contribution in [0.1, 0.15) is 6.92 Å². The Bertz CT molecular complexity index is 163. The van der Waals surface area contributed by atoms with Crippen LogP contribution in [-0.4, -0.2) is 62.1 Å². The third-order valence-corrected chi connectivity index (χ3v) is 2.88. The summed E-state index contributed by atoms with van der Waals surface area (Å²) < 4.78 is 11.3. The lowest BCUT2D eigenvalue weighted by Gasteiger charge is -2.25. The van der Waals surface area contributed by atoms with Crippen LogP contribution in [0, 0.1) is 0 Å². The van der Waals surface area contributed by atoms with Gasteiger partial charge >= 0.3 is 0 Å². The van der Waals surface area contributed by atoms with Gasteiger partial charge in [0.1, 0.15) is 0 Å². The summed E-state index contributed by atoms with van der Waals surface area (Å²) in [5.41, 5.74) is 0. The Hall–Kier alpha value is -0.160. The number of hydrogen-bond acceptors (Lipinski definition) is 4. The molecule has 0 aliphatic carbocycles. The second-order valence-electron chi connectivity index (χ2n) is 3.66. The molecular weight excluding hydrogens is 168 g/mol. The first kappa shape index (κ1) is 9.40. The van der Waals surface area contributed by atoms with E-state index in [-0.39, 0.29) is 0 Å². The molecule has 0 amide bonds. The molecule has 0 radical (unpaired) electrons. The molecule has 2 heterocycles. The summed E-state index contributed by atoms with van der Waals surface area (Å²) in [6, 6.07) is 0. The van der Waals surface area contributed by atoms with E-state index in [9.17, 15) is 0 Å². The Labute approximate surface area is 79.4 Å². The van der Waals surface area contributed by atoms with Crippen LogP contribution in [-0.2, 0) is 9.47 Å². The third-order valence-electron chi connectivity index (χ3n) is 2.88. The van der Waals surface area contributed by atoms with Crippen molar-refractivity contribution in [3.8, 4) is 0 Å². The van der Waals surface area contributed by atoms with Crippen molar-refractivity contribution < 1.29 is 9.47 Å². The normalized spacial score (nSPS) is 35.3. The van der Waals surface area contributed by atoms with Gasteiger partial charge in [0.15, 0.2) is 0 Å². The van der Waals surface area contributed by atoms with Crippen LogP contribution in [0.25, 0.3) is 0 Å². The minimum Gasteiger partial charge on any atom is -0.372 e. The molecule has 2 saturated heterocycles. The molecule has 0 N–H and O–H groups in total. The molecule has 0 saturated carbocycles. The van der Waals surface area contributed by atoms with Crippen LogP contribution >= 0.6 is 0 Å². The third kappa shape index (κ3) is 1.86. The van der Waals surface area contributed by atoms with Crippen molar-refractivity contribution in [2.24, 2.45) is 0 Å². The molecule has 13 heavy (non-hydrogen) atoms. The fourth-order valence-corrected chi connectivity index (χ4v) is 1.92. The molecule has 76 valence electrons. The molecule has 4 nitrogen and oxygen atoms in total. The largest absolute Gasteiger partial charge is 0.372 e. The minimum atomic E-state index is 0.294. The van der Waals surface area contributed by atoms with Gasteiger partial charge in [-0.1, -0.05) is 6.92 Å². The van der Waals surface area contributed by atoms with Crippen LogP contribution in [0.5, 0.6) is 0 Å². The molecule has 2 unspecified atom stereocenters. The van der Waals surface area contributed by atoms with Gasteiger partial charge in [-0.2, -0.15) is 0 Å². The van der Waals surface area contributed by atoms with Crippen LogP contribution < -0.4 is 0 Å². The zero-order chi connectivity index (χ0) is 9.26. The lowest BCUT2D eigenvalue weighted by molar-refractivity contribution is -0.116. The van der Waals surface area contributed by atoms with Crippen molar-refractivity contribution in [2.75, 3.05) is 39.9 Å². The Morgan fingerprint density at radius 2 is 1.77 bits per heavy atom. The van der Waals surface area contributed by atoms with E-state index in [1.54, 1.807) is 0 Å². The van der Waals surface area contributed by atoms with Gasteiger partial charge in [0, 0.05) is 26.7 Å². The maximum Gasteiger partial charge on any atom is 0.0991 e. The van der Waals surface area contributed by atoms with Gasteiger partial charge in [0.25, 0.3) is 0 Å². The average Bonchev–Trinajstić information content (AvgIpc) is 2.59. The van der Waals surface area contributed by atoms with Gasteiger partial charge in [-0.3, -0.25) is 0 Å². The molecule has 2 atom stereocenters. The Kier molecular flexibility index (Phi) is 2.83. The van der Waals surface area contributed by atoms with Gasteiger partial charge in [-0.15, -0.1) is 0 Å². The molecule has 0 spiro atoms.